The first-order valence-electron chi connectivity index (χ1n) is 9.56. The highest BCUT2D eigenvalue weighted by Crippen LogP contribution is 2.40. The smallest absolute Gasteiger partial charge is 0.309 e. The van der Waals surface area contributed by atoms with Crippen molar-refractivity contribution >= 4 is 17.7 Å². The van der Waals surface area contributed by atoms with Crippen LogP contribution in [0.1, 0.15) is 50.5 Å². The molecule has 5 nitrogen and oxygen atoms in total. The van der Waals surface area contributed by atoms with Crippen molar-refractivity contribution in [3.63, 3.8) is 0 Å². The Morgan fingerprint density at radius 3 is 2.46 bits per heavy atom. The number of carbonyl (C=O) groups is 3. The Morgan fingerprint density at radius 1 is 1.15 bits per heavy atom. The second kappa shape index (κ2) is 8.47. The second-order valence-electron chi connectivity index (χ2n) is 7.62. The largest absolute Gasteiger partial charge is 0.455 e. The molecule has 0 radical (unpaired) electrons. The number of ether oxygens (including phenoxy) is 1. The number of amides is 1. The zero-order chi connectivity index (χ0) is 18.5. The maximum absolute atomic E-state index is 12.3. The van der Waals surface area contributed by atoms with Crippen LogP contribution in [-0.2, 0) is 19.1 Å². The monoisotopic (exact) mass is 357 g/mol. The molecule has 0 spiro atoms. The zero-order valence-corrected chi connectivity index (χ0v) is 15.3. The fraction of sp³-hybridized carbons (Fsp3) is 0.571. The van der Waals surface area contributed by atoms with Gasteiger partial charge in [0.15, 0.2) is 6.61 Å². The first-order chi connectivity index (χ1) is 12.5. The summed E-state index contributed by atoms with van der Waals surface area (Å²) in [7, 11) is 0. The van der Waals surface area contributed by atoms with Crippen molar-refractivity contribution in [3.05, 3.63) is 35.9 Å². The molecule has 0 saturated heterocycles. The fourth-order valence-electron chi connectivity index (χ4n) is 4.14. The molecular formula is C21H27NO4. The Balaban J connectivity index is 1.40. The predicted octanol–water partition coefficient (Wildman–Crippen LogP) is 2.84. The Kier molecular flexibility index (Phi) is 6.07. The molecule has 1 aromatic carbocycles. The van der Waals surface area contributed by atoms with E-state index in [4.69, 9.17) is 4.74 Å². The van der Waals surface area contributed by atoms with Gasteiger partial charge < -0.3 is 10.1 Å². The summed E-state index contributed by atoms with van der Waals surface area (Å²) in [6.07, 6.45) is 4.01. The van der Waals surface area contributed by atoms with Gasteiger partial charge in [-0.15, -0.1) is 0 Å². The van der Waals surface area contributed by atoms with E-state index < -0.39 is 0 Å². The molecule has 26 heavy (non-hydrogen) atoms. The summed E-state index contributed by atoms with van der Waals surface area (Å²) in [4.78, 5) is 36.3. The van der Waals surface area contributed by atoms with Crippen LogP contribution in [0.2, 0.25) is 0 Å². The van der Waals surface area contributed by atoms with Gasteiger partial charge in [0.25, 0.3) is 5.91 Å². The van der Waals surface area contributed by atoms with E-state index in [9.17, 15) is 14.4 Å². The first kappa shape index (κ1) is 18.6. The highest BCUT2D eigenvalue weighted by molar-refractivity contribution is 5.87. The molecule has 0 heterocycles. The number of ketones is 1. The Morgan fingerprint density at radius 2 is 1.81 bits per heavy atom. The van der Waals surface area contributed by atoms with Gasteiger partial charge in [-0.25, -0.2) is 0 Å². The topological polar surface area (TPSA) is 72.5 Å². The van der Waals surface area contributed by atoms with Crippen LogP contribution in [-0.4, -0.2) is 30.8 Å². The Hall–Kier alpha value is -2.17. The molecule has 5 heteroatoms. The average Bonchev–Trinajstić information content (AvgIpc) is 2.64. The third-order valence-corrected chi connectivity index (χ3v) is 5.70. The molecule has 2 saturated carbocycles. The van der Waals surface area contributed by atoms with Gasteiger partial charge in [0.05, 0.1) is 5.92 Å². The highest BCUT2D eigenvalue weighted by atomic mass is 16.5. The predicted molar refractivity (Wildman–Crippen MR) is 97.4 cm³/mol. The van der Waals surface area contributed by atoms with Crippen LogP contribution in [0, 0.1) is 17.8 Å². The quantitative estimate of drug-likeness (QED) is 0.795. The maximum Gasteiger partial charge on any atom is 0.309 e. The number of hydrogen-bond donors (Lipinski definition) is 1. The lowest BCUT2D eigenvalue weighted by Gasteiger charge is -2.36. The standard InChI is InChI=1S/C21H27NO4/c1-14(15-6-3-2-4-7-15)12-22-19(23)13-26-21(25)18-10-16-8-5-9-17(11-18)20(16)24/h2-4,6-7,14,16-18H,5,8-13H2,1H3,(H,22,23)/t14-,16-,17+,18?/m0/s1. The molecular weight excluding hydrogens is 330 g/mol. The van der Waals surface area contributed by atoms with Crippen LogP contribution < -0.4 is 5.32 Å². The lowest BCUT2D eigenvalue weighted by atomic mass is 9.67. The minimum Gasteiger partial charge on any atom is -0.455 e. The third-order valence-electron chi connectivity index (χ3n) is 5.70. The summed E-state index contributed by atoms with van der Waals surface area (Å²) in [5.41, 5.74) is 1.16. The number of carbonyl (C=O) groups excluding carboxylic acids is 3. The van der Waals surface area contributed by atoms with Gasteiger partial charge in [-0.1, -0.05) is 43.7 Å². The zero-order valence-electron chi connectivity index (χ0n) is 15.3. The number of rotatable bonds is 6. The van der Waals surface area contributed by atoms with E-state index in [1.54, 1.807) is 0 Å². The first-order valence-corrected chi connectivity index (χ1v) is 9.56. The molecule has 1 N–H and O–H groups in total. The van der Waals surface area contributed by atoms with Crippen LogP contribution in [0.3, 0.4) is 0 Å². The normalized spacial score (nSPS) is 26.0. The van der Waals surface area contributed by atoms with Gasteiger partial charge in [0, 0.05) is 18.4 Å². The lowest BCUT2D eigenvalue weighted by molar-refractivity contribution is -0.156. The molecule has 3 rings (SSSR count). The second-order valence-corrected chi connectivity index (χ2v) is 7.62. The van der Waals surface area contributed by atoms with Crippen LogP contribution in [0.25, 0.3) is 0 Å². The molecule has 140 valence electrons. The molecule has 2 bridgehead atoms. The van der Waals surface area contributed by atoms with Crippen molar-refractivity contribution in [2.45, 2.75) is 44.9 Å². The average molecular weight is 357 g/mol. The van der Waals surface area contributed by atoms with Crippen molar-refractivity contribution in [3.8, 4) is 0 Å². The van der Waals surface area contributed by atoms with Crippen molar-refractivity contribution in [1.29, 1.82) is 0 Å². The summed E-state index contributed by atoms with van der Waals surface area (Å²) in [5.74, 6) is -0.304. The van der Waals surface area contributed by atoms with Crippen LogP contribution in [0.4, 0.5) is 0 Å². The summed E-state index contributed by atoms with van der Waals surface area (Å²) >= 11 is 0. The van der Waals surface area contributed by atoms with E-state index >= 15 is 0 Å². The van der Waals surface area contributed by atoms with Gasteiger partial charge in [-0.2, -0.15) is 0 Å². The molecule has 0 aromatic heterocycles. The summed E-state index contributed by atoms with van der Waals surface area (Å²) in [6, 6.07) is 9.96. The minimum absolute atomic E-state index is 0.0144. The molecule has 4 atom stereocenters. The van der Waals surface area contributed by atoms with Gasteiger partial charge in [-0.3, -0.25) is 14.4 Å². The van der Waals surface area contributed by atoms with Crippen molar-refractivity contribution in [1.82, 2.24) is 5.32 Å². The van der Waals surface area contributed by atoms with Crippen LogP contribution >= 0.6 is 0 Å². The van der Waals surface area contributed by atoms with Gasteiger partial charge >= 0.3 is 5.97 Å². The van der Waals surface area contributed by atoms with Crippen molar-refractivity contribution in [2.24, 2.45) is 17.8 Å². The highest BCUT2D eigenvalue weighted by Gasteiger charge is 2.41. The molecule has 0 aliphatic heterocycles. The van der Waals surface area contributed by atoms with E-state index in [0.717, 1.165) is 24.8 Å². The van der Waals surface area contributed by atoms with Gasteiger partial charge in [0.1, 0.15) is 5.78 Å². The summed E-state index contributed by atoms with van der Waals surface area (Å²) in [5, 5.41) is 2.82. The van der Waals surface area contributed by atoms with E-state index in [1.807, 2.05) is 37.3 Å². The minimum atomic E-state index is -0.333. The van der Waals surface area contributed by atoms with E-state index in [1.165, 1.54) is 0 Å². The number of esters is 1. The fourth-order valence-corrected chi connectivity index (χ4v) is 4.14. The maximum atomic E-state index is 12.3. The molecule has 2 aliphatic carbocycles. The molecule has 2 fully saturated rings. The van der Waals surface area contributed by atoms with Gasteiger partial charge in [0.2, 0.25) is 0 Å². The number of benzene rings is 1. The summed E-state index contributed by atoms with van der Waals surface area (Å²) in [6.45, 7) is 2.29. The SMILES string of the molecule is C[C@@H](CNC(=O)COC(=O)C1C[C@H]2CCC[C@@H](C1)C2=O)c1ccccc1. The molecule has 1 amide bonds. The van der Waals surface area contributed by atoms with E-state index in [0.29, 0.717) is 25.2 Å². The van der Waals surface area contributed by atoms with Crippen molar-refractivity contribution < 1.29 is 19.1 Å². The molecule has 2 aliphatic rings. The van der Waals surface area contributed by atoms with Crippen LogP contribution in [0.5, 0.6) is 0 Å². The Bertz CT molecular complexity index is 641. The van der Waals surface area contributed by atoms with E-state index in [-0.39, 0.29) is 42.2 Å². The summed E-state index contributed by atoms with van der Waals surface area (Å²) < 4.78 is 5.22. The Labute approximate surface area is 154 Å². The van der Waals surface area contributed by atoms with Crippen LogP contribution in [0.15, 0.2) is 30.3 Å². The van der Waals surface area contributed by atoms with Gasteiger partial charge in [-0.05, 0) is 37.2 Å². The molecule has 1 unspecified atom stereocenters. The number of fused-ring (bicyclic) bond motifs is 2. The number of nitrogens with one attached hydrogen (secondary N) is 1. The molecule has 1 aromatic rings. The number of Topliss-reactive ketones (excluding diaryl/α,β-unsaturated/α-hetero) is 1. The number of hydrogen-bond acceptors (Lipinski definition) is 4. The van der Waals surface area contributed by atoms with E-state index in [2.05, 4.69) is 5.32 Å². The lowest BCUT2D eigenvalue weighted by Crippen LogP contribution is -2.40. The van der Waals surface area contributed by atoms with Crippen molar-refractivity contribution in [2.75, 3.05) is 13.2 Å². The third kappa shape index (κ3) is 4.51.